The minimum Gasteiger partial charge on any atom is -0.467 e. The minimum atomic E-state index is -0.975. The largest absolute Gasteiger partial charge is 0.467 e. The van der Waals surface area contributed by atoms with E-state index in [0.29, 0.717) is 12.8 Å². The molecule has 2 rings (SSSR count). The van der Waals surface area contributed by atoms with Gasteiger partial charge >= 0.3 is 5.97 Å². The Morgan fingerprint density at radius 1 is 1.07 bits per heavy atom. The molecule has 1 saturated heterocycles. The zero-order valence-corrected chi connectivity index (χ0v) is 16.4. The van der Waals surface area contributed by atoms with Gasteiger partial charge in [-0.15, -0.1) is 0 Å². The van der Waals surface area contributed by atoms with Crippen LogP contribution in [0.1, 0.15) is 32.3 Å². The molecule has 0 bridgehead atoms. The summed E-state index contributed by atoms with van der Waals surface area (Å²) >= 11 is 0. The van der Waals surface area contributed by atoms with Crippen LogP contribution in [0.4, 0.5) is 0 Å². The molecule has 0 aliphatic carbocycles. The van der Waals surface area contributed by atoms with Gasteiger partial charge in [0, 0.05) is 6.42 Å². The van der Waals surface area contributed by atoms with Crippen molar-refractivity contribution in [1.29, 1.82) is 0 Å². The Hall–Kier alpha value is -2.90. The van der Waals surface area contributed by atoms with Crippen molar-refractivity contribution >= 4 is 23.7 Å². The summed E-state index contributed by atoms with van der Waals surface area (Å²) in [5.41, 5.74) is 0.925. The van der Waals surface area contributed by atoms with E-state index in [-0.39, 0.29) is 18.2 Å². The first-order valence-electron chi connectivity index (χ1n) is 9.32. The molecule has 0 unspecified atom stereocenters. The fourth-order valence-corrected chi connectivity index (χ4v) is 3.08. The topological polar surface area (TPSA) is 114 Å². The first kappa shape index (κ1) is 21.4. The van der Waals surface area contributed by atoms with E-state index in [1.807, 2.05) is 44.2 Å². The van der Waals surface area contributed by atoms with E-state index in [2.05, 4.69) is 16.0 Å². The lowest BCUT2D eigenvalue weighted by molar-refractivity contribution is -0.146. The second kappa shape index (κ2) is 9.87. The summed E-state index contributed by atoms with van der Waals surface area (Å²) in [6.07, 6.45) is 0.540. The Morgan fingerprint density at radius 3 is 2.29 bits per heavy atom. The molecule has 1 aliphatic rings. The van der Waals surface area contributed by atoms with Gasteiger partial charge in [-0.2, -0.15) is 0 Å². The Kier molecular flexibility index (Phi) is 7.54. The number of hydrogen-bond donors (Lipinski definition) is 3. The molecule has 1 aliphatic heterocycles. The molecule has 0 radical (unpaired) electrons. The fourth-order valence-electron chi connectivity index (χ4n) is 3.08. The van der Waals surface area contributed by atoms with Crippen LogP contribution in [0.15, 0.2) is 30.3 Å². The maximum Gasteiger partial charge on any atom is 0.328 e. The summed E-state index contributed by atoms with van der Waals surface area (Å²) < 4.78 is 4.71. The van der Waals surface area contributed by atoms with Gasteiger partial charge < -0.3 is 20.7 Å². The van der Waals surface area contributed by atoms with Crippen molar-refractivity contribution in [3.8, 4) is 0 Å². The predicted octanol–water partition coefficient (Wildman–Crippen LogP) is 0.306. The van der Waals surface area contributed by atoms with Crippen LogP contribution in [0.5, 0.6) is 0 Å². The molecule has 0 saturated carbocycles. The summed E-state index contributed by atoms with van der Waals surface area (Å²) in [5.74, 6) is -1.64. The Labute approximate surface area is 164 Å². The molecule has 1 fully saturated rings. The van der Waals surface area contributed by atoms with Crippen LogP contribution >= 0.6 is 0 Å². The van der Waals surface area contributed by atoms with Gasteiger partial charge in [0.05, 0.1) is 13.5 Å². The zero-order chi connectivity index (χ0) is 20.7. The number of methoxy groups -OCH3 is 1. The van der Waals surface area contributed by atoms with Gasteiger partial charge in [0.2, 0.25) is 17.7 Å². The van der Waals surface area contributed by atoms with Crippen molar-refractivity contribution in [2.24, 2.45) is 5.92 Å². The lowest BCUT2D eigenvalue weighted by Crippen LogP contribution is -2.63. The van der Waals surface area contributed by atoms with Gasteiger partial charge in [-0.05, 0) is 17.9 Å². The van der Waals surface area contributed by atoms with Gasteiger partial charge in [-0.25, -0.2) is 4.79 Å². The lowest BCUT2D eigenvalue weighted by atomic mass is 10.00. The van der Waals surface area contributed by atoms with Crippen LogP contribution in [0, 0.1) is 5.92 Å². The van der Waals surface area contributed by atoms with E-state index in [9.17, 15) is 19.2 Å². The van der Waals surface area contributed by atoms with Crippen LogP contribution in [0.3, 0.4) is 0 Å². The second-order valence-corrected chi connectivity index (χ2v) is 7.29. The highest BCUT2D eigenvalue weighted by Crippen LogP contribution is 2.10. The SMILES string of the molecule is COC(=O)[C@H](CC(C)C)NC(=O)C[C@@H]1NC(=O)[C@H](Cc2ccccc2)NC1=O. The molecule has 3 amide bonds. The number of amides is 3. The number of hydrogen-bond acceptors (Lipinski definition) is 5. The number of benzene rings is 1. The van der Waals surface area contributed by atoms with Crippen molar-refractivity contribution in [3.05, 3.63) is 35.9 Å². The molecule has 152 valence electrons. The molecule has 28 heavy (non-hydrogen) atoms. The molecule has 1 aromatic carbocycles. The summed E-state index contributed by atoms with van der Waals surface area (Å²) in [4.78, 5) is 48.8. The van der Waals surface area contributed by atoms with Crippen molar-refractivity contribution in [1.82, 2.24) is 16.0 Å². The summed E-state index contributed by atoms with van der Waals surface area (Å²) in [6.45, 7) is 3.84. The number of esters is 1. The number of nitrogens with one attached hydrogen (secondary N) is 3. The molecule has 8 nitrogen and oxygen atoms in total. The Balaban J connectivity index is 1.92. The average molecular weight is 389 g/mol. The number of ether oxygens (including phenoxy) is 1. The minimum absolute atomic E-state index is 0.167. The van der Waals surface area contributed by atoms with E-state index >= 15 is 0 Å². The molecule has 8 heteroatoms. The summed E-state index contributed by atoms with van der Waals surface area (Å²) in [7, 11) is 1.25. The fraction of sp³-hybridized carbons (Fsp3) is 0.500. The molecule has 1 aromatic rings. The second-order valence-electron chi connectivity index (χ2n) is 7.29. The monoisotopic (exact) mass is 389 g/mol. The third-order valence-corrected chi connectivity index (χ3v) is 4.47. The summed E-state index contributed by atoms with van der Waals surface area (Å²) in [5, 5.41) is 7.85. The normalized spacial score (nSPS) is 20.1. The standard InChI is InChI=1S/C20H27N3O5/c1-12(2)9-16(20(27)28-3)21-17(24)11-15-19(26)22-14(18(25)23-15)10-13-7-5-4-6-8-13/h4-8,12,14-16H,9-11H2,1-3H3,(H,21,24)(H,22,26)(H,23,25)/t14-,15-,16-/m0/s1. The predicted molar refractivity (Wildman–Crippen MR) is 102 cm³/mol. The quantitative estimate of drug-likeness (QED) is 0.554. The van der Waals surface area contributed by atoms with E-state index in [0.717, 1.165) is 5.56 Å². The molecule has 3 N–H and O–H groups in total. The maximum atomic E-state index is 12.3. The Morgan fingerprint density at radius 2 is 1.68 bits per heavy atom. The van der Waals surface area contributed by atoms with Crippen molar-refractivity contribution < 1.29 is 23.9 Å². The third kappa shape index (κ3) is 6.07. The van der Waals surface area contributed by atoms with Crippen LogP contribution in [-0.4, -0.2) is 48.9 Å². The molecule has 0 spiro atoms. The van der Waals surface area contributed by atoms with Gasteiger partial charge in [-0.1, -0.05) is 44.2 Å². The molecule has 3 atom stereocenters. The molecular weight excluding hydrogens is 362 g/mol. The zero-order valence-electron chi connectivity index (χ0n) is 16.4. The summed E-state index contributed by atoms with van der Waals surface area (Å²) in [6, 6.07) is 6.90. The first-order valence-corrected chi connectivity index (χ1v) is 9.32. The maximum absolute atomic E-state index is 12.3. The van der Waals surface area contributed by atoms with Crippen molar-refractivity contribution in [2.45, 2.75) is 51.2 Å². The first-order chi connectivity index (χ1) is 13.3. The third-order valence-electron chi connectivity index (χ3n) is 4.47. The highest BCUT2D eigenvalue weighted by Gasteiger charge is 2.35. The van der Waals surface area contributed by atoms with E-state index in [1.165, 1.54) is 7.11 Å². The average Bonchev–Trinajstić information content (AvgIpc) is 2.65. The molecule has 0 aromatic heterocycles. The number of carbonyl (C=O) groups is 4. The lowest BCUT2D eigenvalue weighted by Gasteiger charge is -2.29. The van der Waals surface area contributed by atoms with Gasteiger partial charge in [0.15, 0.2) is 0 Å². The van der Waals surface area contributed by atoms with Gasteiger partial charge in [0.25, 0.3) is 0 Å². The van der Waals surface area contributed by atoms with Crippen LogP contribution < -0.4 is 16.0 Å². The van der Waals surface area contributed by atoms with Gasteiger partial charge in [0.1, 0.15) is 18.1 Å². The van der Waals surface area contributed by atoms with E-state index in [4.69, 9.17) is 4.74 Å². The van der Waals surface area contributed by atoms with Crippen molar-refractivity contribution in [2.75, 3.05) is 7.11 Å². The van der Waals surface area contributed by atoms with E-state index < -0.39 is 35.9 Å². The number of carbonyl (C=O) groups excluding carboxylic acids is 4. The van der Waals surface area contributed by atoms with Crippen LogP contribution in [0.25, 0.3) is 0 Å². The molecular formula is C20H27N3O5. The number of rotatable bonds is 8. The highest BCUT2D eigenvalue weighted by atomic mass is 16.5. The van der Waals surface area contributed by atoms with Crippen LogP contribution in [-0.2, 0) is 30.3 Å². The smallest absolute Gasteiger partial charge is 0.328 e. The number of piperazine rings is 1. The highest BCUT2D eigenvalue weighted by molar-refractivity contribution is 5.99. The molecule has 1 heterocycles. The Bertz CT molecular complexity index is 720. The van der Waals surface area contributed by atoms with Crippen molar-refractivity contribution in [3.63, 3.8) is 0 Å². The van der Waals surface area contributed by atoms with E-state index in [1.54, 1.807) is 0 Å². The van der Waals surface area contributed by atoms with Gasteiger partial charge in [-0.3, -0.25) is 14.4 Å². The van der Waals surface area contributed by atoms with Crippen LogP contribution in [0.2, 0.25) is 0 Å².